The molecule has 0 saturated carbocycles. The van der Waals surface area contributed by atoms with Crippen molar-refractivity contribution < 1.29 is 23.2 Å². The van der Waals surface area contributed by atoms with Crippen molar-refractivity contribution in [3.05, 3.63) is 35.9 Å². The van der Waals surface area contributed by atoms with Crippen LogP contribution in [-0.2, 0) is 25.0 Å². The molecule has 9 heteroatoms. The van der Waals surface area contributed by atoms with Crippen LogP contribution in [0.5, 0.6) is 0 Å². The molecule has 0 unspecified atom stereocenters. The molecule has 3 rings (SSSR count). The summed E-state index contributed by atoms with van der Waals surface area (Å²) in [5.41, 5.74) is 0.0560. The second-order valence-electron chi connectivity index (χ2n) is 8.34. The molecule has 0 bridgehead atoms. The highest BCUT2D eigenvalue weighted by atomic mass is 31.2. The summed E-state index contributed by atoms with van der Waals surface area (Å²) in [4.78, 5) is 26.4. The van der Waals surface area contributed by atoms with E-state index in [1.54, 1.807) is 0 Å². The van der Waals surface area contributed by atoms with Crippen LogP contribution in [0.15, 0.2) is 30.3 Å². The maximum atomic E-state index is 13.5. The lowest BCUT2D eigenvalue weighted by Crippen LogP contribution is -2.48. The summed E-state index contributed by atoms with van der Waals surface area (Å²) in [5, 5.41) is 5.11. The summed E-state index contributed by atoms with van der Waals surface area (Å²) >= 11 is 0. The Bertz CT molecular complexity index is 787. The average molecular weight is 423 g/mol. The van der Waals surface area contributed by atoms with Gasteiger partial charge in [0.25, 0.3) is 5.91 Å². The highest BCUT2D eigenvalue weighted by molar-refractivity contribution is 7.53. The van der Waals surface area contributed by atoms with Crippen molar-refractivity contribution in [1.29, 1.82) is 0 Å². The van der Waals surface area contributed by atoms with Gasteiger partial charge in [-0.25, -0.2) is 4.79 Å². The minimum Gasteiger partial charge on any atom is -0.322 e. The first-order valence-electron chi connectivity index (χ1n) is 9.98. The number of benzene rings is 1. The zero-order valence-electron chi connectivity index (χ0n) is 17.4. The summed E-state index contributed by atoms with van der Waals surface area (Å²) in [7, 11) is -3.40. The van der Waals surface area contributed by atoms with Crippen LogP contribution in [0.1, 0.15) is 39.7 Å². The van der Waals surface area contributed by atoms with Crippen LogP contribution in [-0.4, -0.2) is 53.3 Å². The van der Waals surface area contributed by atoms with Crippen molar-refractivity contribution in [2.75, 3.05) is 12.7 Å². The third kappa shape index (κ3) is 5.25. The van der Waals surface area contributed by atoms with E-state index in [-0.39, 0.29) is 30.3 Å². The minimum atomic E-state index is -3.40. The average Bonchev–Trinajstić information content (AvgIpc) is 3.05. The second kappa shape index (κ2) is 8.56. The SMILES string of the molecule is CC(C)OP(=O)(C[C@@H]1C[C@@]2(CN1Cc1ccccc1)NC(=O)NC2=O)OC(C)C. The van der Waals surface area contributed by atoms with Crippen LogP contribution in [0.3, 0.4) is 0 Å². The minimum absolute atomic E-state index is 0.154. The number of carbonyl (C=O) groups excluding carboxylic acids is 2. The lowest BCUT2D eigenvalue weighted by atomic mass is 9.97. The molecule has 0 aromatic heterocycles. The number of urea groups is 1. The van der Waals surface area contributed by atoms with Gasteiger partial charge in [0.15, 0.2) is 0 Å². The zero-order valence-corrected chi connectivity index (χ0v) is 18.3. The van der Waals surface area contributed by atoms with Crippen LogP contribution in [0, 0.1) is 0 Å². The predicted octanol–water partition coefficient (Wildman–Crippen LogP) is 2.88. The van der Waals surface area contributed by atoms with Gasteiger partial charge in [-0.1, -0.05) is 30.3 Å². The van der Waals surface area contributed by atoms with Crippen molar-refractivity contribution in [2.24, 2.45) is 0 Å². The largest absolute Gasteiger partial charge is 0.332 e. The maximum Gasteiger partial charge on any atom is 0.332 e. The highest BCUT2D eigenvalue weighted by Gasteiger charge is 2.55. The zero-order chi connectivity index (χ0) is 21.2. The molecule has 2 N–H and O–H groups in total. The van der Waals surface area contributed by atoms with Crippen LogP contribution < -0.4 is 10.6 Å². The number of carbonyl (C=O) groups is 2. The normalized spacial score (nSPS) is 25.2. The van der Waals surface area contributed by atoms with Crippen molar-refractivity contribution in [3.8, 4) is 0 Å². The van der Waals surface area contributed by atoms with Gasteiger partial charge in [0.1, 0.15) is 5.54 Å². The van der Waals surface area contributed by atoms with Gasteiger partial charge in [0.2, 0.25) is 0 Å². The van der Waals surface area contributed by atoms with Crippen molar-refractivity contribution in [2.45, 2.75) is 64.4 Å². The quantitative estimate of drug-likeness (QED) is 0.493. The van der Waals surface area contributed by atoms with Crippen LogP contribution in [0.4, 0.5) is 4.79 Å². The lowest BCUT2D eigenvalue weighted by molar-refractivity contribution is -0.123. The fourth-order valence-electron chi connectivity index (χ4n) is 4.05. The van der Waals surface area contributed by atoms with E-state index < -0.39 is 19.2 Å². The van der Waals surface area contributed by atoms with E-state index in [1.165, 1.54) is 0 Å². The third-order valence-electron chi connectivity index (χ3n) is 4.99. The number of likely N-dealkylation sites (tertiary alicyclic amines) is 1. The van der Waals surface area contributed by atoms with Gasteiger partial charge < -0.3 is 14.4 Å². The molecule has 2 aliphatic rings. The van der Waals surface area contributed by atoms with E-state index in [0.29, 0.717) is 19.5 Å². The van der Waals surface area contributed by atoms with Gasteiger partial charge in [-0.05, 0) is 39.7 Å². The molecule has 29 heavy (non-hydrogen) atoms. The Kier molecular flexibility index (Phi) is 6.48. The number of hydrogen-bond acceptors (Lipinski definition) is 6. The molecule has 2 heterocycles. The number of hydrogen-bond donors (Lipinski definition) is 2. The Morgan fingerprint density at radius 1 is 1.14 bits per heavy atom. The van der Waals surface area contributed by atoms with Gasteiger partial charge in [-0.15, -0.1) is 0 Å². The lowest BCUT2D eigenvalue weighted by Gasteiger charge is -2.29. The number of amides is 3. The molecule has 8 nitrogen and oxygen atoms in total. The molecule has 0 radical (unpaired) electrons. The van der Waals surface area contributed by atoms with Crippen LogP contribution in [0.25, 0.3) is 0 Å². The molecule has 160 valence electrons. The van der Waals surface area contributed by atoms with Crippen molar-refractivity contribution in [3.63, 3.8) is 0 Å². The topological polar surface area (TPSA) is 97.0 Å². The summed E-state index contributed by atoms with van der Waals surface area (Å²) in [5.74, 6) is -0.340. The van der Waals surface area contributed by atoms with Gasteiger partial charge >= 0.3 is 13.6 Å². The molecular formula is C20H30N3O5P. The Balaban J connectivity index is 1.86. The molecular weight excluding hydrogens is 393 g/mol. The summed E-state index contributed by atoms with van der Waals surface area (Å²) in [6.45, 7) is 8.18. The van der Waals surface area contributed by atoms with E-state index in [2.05, 4.69) is 15.5 Å². The summed E-state index contributed by atoms with van der Waals surface area (Å²) in [6.07, 6.45) is -0.00945. The Morgan fingerprint density at radius 2 is 1.76 bits per heavy atom. The molecule has 1 aromatic carbocycles. The van der Waals surface area contributed by atoms with Gasteiger partial charge in [-0.3, -0.25) is 19.6 Å². The smallest absolute Gasteiger partial charge is 0.322 e. The Labute approximate surface area is 171 Å². The number of nitrogens with zero attached hydrogens (tertiary/aromatic N) is 1. The molecule has 2 atom stereocenters. The fourth-order valence-corrected chi connectivity index (χ4v) is 6.43. The van der Waals surface area contributed by atoms with Crippen molar-refractivity contribution in [1.82, 2.24) is 15.5 Å². The molecule has 2 fully saturated rings. The number of nitrogens with one attached hydrogen (secondary N) is 2. The number of imide groups is 1. The first-order chi connectivity index (χ1) is 13.6. The van der Waals surface area contributed by atoms with E-state index in [0.717, 1.165) is 5.56 Å². The van der Waals surface area contributed by atoms with E-state index in [4.69, 9.17) is 9.05 Å². The van der Waals surface area contributed by atoms with Crippen LogP contribution in [0.2, 0.25) is 0 Å². The van der Waals surface area contributed by atoms with Crippen molar-refractivity contribution >= 4 is 19.5 Å². The first-order valence-corrected chi connectivity index (χ1v) is 11.7. The molecule has 2 saturated heterocycles. The van der Waals surface area contributed by atoms with E-state index in [9.17, 15) is 14.2 Å². The molecule has 3 amide bonds. The third-order valence-corrected chi connectivity index (χ3v) is 7.35. The van der Waals surface area contributed by atoms with Gasteiger partial charge in [0.05, 0.1) is 18.4 Å². The Morgan fingerprint density at radius 3 is 2.28 bits per heavy atom. The summed E-state index contributed by atoms with van der Waals surface area (Å²) in [6, 6.07) is 9.12. The Hall–Kier alpha value is -1.73. The van der Waals surface area contributed by atoms with Gasteiger partial charge in [-0.2, -0.15) is 0 Å². The fraction of sp³-hybridized carbons (Fsp3) is 0.600. The molecule has 1 aromatic rings. The standard InChI is InChI=1S/C20H30N3O5P/c1-14(2)27-29(26,28-15(3)4)12-17-10-20(18(24)21-19(25)22-20)13-23(17)11-16-8-6-5-7-9-16/h5-9,14-15,17H,10-13H2,1-4H3,(H2,21,22,24,25)/t17-,20-/m0/s1. The molecule has 1 spiro atoms. The molecule has 0 aliphatic carbocycles. The monoisotopic (exact) mass is 423 g/mol. The second-order valence-corrected chi connectivity index (χ2v) is 10.3. The van der Waals surface area contributed by atoms with Gasteiger partial charge in [0, 0.05) is 19.1 Å². The first kappa shape index (κ1) is 22.0. The van der Waals surface area contributed by atoms with E-state index in [1.807, 2.05) is 58.0 Å². The molecule has 2 aliphatic heterocycles. The highest BCUT2D eigenvalue weighted by Crippen LogP contribution is 2.53. The van der Waals surface area contributed by atoms with E-state index >= 15 is 0 Å². The number of rotatable bonds is 8. The summed E-state index contributed by atoms with van der Waals surface area (Å²) < 4.78 is 24.9. The predicted molar refractivity (Wildman–Crippen MR) is 110 cm³/mol. The maximum absolute atomic E-state index is 13.5. The van der Waals surface area contributed by atoms with Crippen LogP contribution >= 0.6 is 7.60 Å².